The SMILES string of the molecule is CCc1ccc(C(N)c2cnn(-c3ccccc3)c2)o1. The third-order valence-electron chi connectivity index (χ3n) is 3.32. The van der Waals surface area contributed by atoms with Crippen molar-refractivity contribution in [2.75, 3.05) is 0 Å². The van der Waals surface area contributed by atoms with Gasteiger partial charge in [-0.3, -0.25) is 0 Å². The van der Waals surface area contributed by atoms with Crippen molar-refractivity contribution in [2.24, 2.45) is 5.73 Å². The third kappa shape index (κ3) is 2.38. The minimum Gasteiger partial charge on any atom is -0.464 e. The lowest BCUT2D eigenvalue weighted by atomic mass is 10.1. The molecule has 0 amide bonds. The van der Waals surface area contributed by atoms with Gasteiger partial charge in [-0.2, -0.15) is 5.10 Å². The molecule has 4 nitrogen and oxygen atoms in total. The van der Waals surface area contributed by atoms with E-state index in [0.717, 1.165) is 29.2 Å². The second kappa shape index (κ2) is 5.35. The number of aryl methyl sites for hydroxylation is 1. The van der Waals surface area contributed by atoms with Gasteiger partial charge in [-0.05, 0) is 24.3 Å². The fraction of sp³-hybridized carbons (Fsp3) is 0.188. The standard InChI is InChI=1S/C16H17N3O/c1-2-14-8-9-15(20-14)16(17)12-10-18-19(11-12)13-6-4-3-5-7-13/h3-11,16H,2,17H2,1H3. The van der Waals surface area contributed by atoms with E-state index in [0.29, 0.717) is 0 Å². The summed E-state index contributed by atoms with van der Waals surface area (Å²) in [6.07, 6.45) is 4.59. The van der Waals surface area contributed by atoms with Crippen molar-refractivity contribution in [1.29, 1.82) is 0 Å². The Balaban J connectivity index is 1.86. The summed E-state index contributed by atoms with van der Waals surface area (Å²) in [6.45, 7) is 2.06. The highest BCUT2D eigenvalue weighted by atomic mass is 16.3. The molecule has 1 aromatic carbocycles. The molecule has 102 valence electrons. The molecule has 1 atom stereocenters. The lowest BCUT2D eigenvalue weighted by Crippen LogP contribution is -2.10. The zero-order chi connectivity index (χ0) is 13.9. The highest BCUT2D eigenvalue weighted by molar-refractivity contribution is 5.32. The first kappa shape index (κ1) is 12.7. The fourth-order valence-corrected chi connectivity index (χ4v) is 2.14. The molecule has 0 aliphatic heterocycles. The van der Waals surface area contributed by atoms with E-state index in [4.69, 9.17) is 10.2 Å². The maximum Gasteiger partial charge on any atom is 0.125 e. The van der Waals surface area contributed by atoms with Gasteiger partial charge in [0.15, 0.2) is 0 Å². The molecule has 4 heteroatoms. The summed E-state index contributed by atoms with van der Waals surface area (Å²) >= 11 is 0. The van der Waals surface area contributed by atoms with Gasteiger partial charge in [0, 0.05) is 18.2 Å². The highest BCUT2D eigenvalue weighted by Gasteiger charge is 2.15. The quantitative estimate of drug-likeness (QED) is 0.790. The van der Waals surface area contributed by atoms with E-state index in [9.17, 15) is 0 Å². The zero-order valence-corrected chi connectivity index (χ0v) is 11.4. The molecule has 2 heterocycles. The summed E-state index contributed by atoms with van der Waals surface area (Å²) in [5, 5.41) is 4.35. The summed E-state index contributed by atoms with van der Waals surface area (Å²) in [7, 11) is 0. The lowest BCUT2D eigenvalue weighted by Gasteiger charge is -2.05. The van der Waals surface area contributed by atoms with Crippen molar-refractivity contribution < 1.29 is 4.42 Å². The van der Waals surface area contributed by atoms with Crippen LogP contribution in [0.4, 0.5) is 0 Å². The predicted molar refractivity (Wildman–Crippen MR) is 77.7 cm³/mol. The maximum atomic E-state index is 6.23. The molecule has 0 aliphatic rings. The van der Waals surface area contributed by atoms with Crippen molar-refractivity contribution >= 4 is 0 Å². The molecular weight excluding hydrogens is 250 g/mol. The van der Waals surface area contributed by atoms with Crippen molar-refractivity contribution in [3.05, 3.63) is 71.9 Å². The first-order chi connectivity index (χ1) is 9.78. The second-order valence-corrected chi connectivity index (χ2v) is 4.69. The molecule has 2 aromatic heterocycles. The third-order valence-corrected chi connectivity index (χ3v) is 3.32. The Kier molecular flexibility index (Phi) is 3.39. The highest BCUT2D eigenvalue weighted by Crippen LogP contribution is 2.22. The van der Waals surface area contributed by atoms with Gasteiger partial charge in [0.25, 0.3) is 0 Å². The van der Waals surface area contributed by atoms with Crippen LogP contribution in [0, 0.1) is 0 Å². The Morgan fingerprint density at radius 2 is 2.00 bits per heavy atom. The maximum absolute atomic E-state index is 6.23. The molecule has 0 saturated carbocycles. The normalized spacial score (nSPS) is 12.5. The van der Waals surface area contributed by atoms with E-state index in [-0.39, 0.29) is 6.04 Å². The molecule has 3 rings (SSSR count). The molecule has 1 unspecified atom stereocenters. The van der Waals surface area contributed by atoms with Crippen molar-refractivity contribution in [2.45, 2.75) is 19.4 Å². The Hall–Kier alpha value is -2.33. The summed E-state index contributed by atoms with van der Waals surface area (Å²) in [4.78, 5) is 0. The largest absolute Gasteiger partial charge is 0.464 e. The van der Waals surface area contributed by atoms with Crippen LogP contribution >= 0.6 is 0 Å². The van der Waals surface area contributed by atoms with Gasteiger partial charge in [0.1, 0.15) is 11.5 Å². The summed E-state index contributed by atoms with van der Waals surface area (Å²) in [6, 6.07) is 13.6. The van der Waals surface area contributed by atoms with E-state index >= 15 is 0 Å². The average molecular weight is 267 g/mol. The van der Waals surface area contributed by atoms with Crippen LogP contribution in [0.3, 0.4) is 0 Å². The number of para-hydroxylation sites is 1. The van der Waals surface area contributed by atoms with E-state index in [1.54, 1.807) is 6.20 Å². The minimum absolute atomic E-state index is 0.284. The van der Waals surface area contributed by atoms with Crippen molar-refractivity contribution in [3.8, 4) is 5.69 Å². The van der Waals surface area contributed by atoms with Gasteiger partial charge in [-0.15, -0.1) is 0 Å². The Bertz CT molecular complexity index is 685. The topological polar surface area (TPSA) is 57.0 Å². The van der Waals surface area contributed by atoms with Crippen LogP contribution in [0.2, 0.25) is 0 Å². The van der Waals surface area contributed by atoms with Gasteiger partial charge in [-0.1, -0.05) is 25.1 Å². The number of nitrogens with two attached hydrogens (primary N) is 1. The summed E-state index contributed by atoms with van der Waals surface area (Å²) < 4.78 is 7.52. The van der Waals surface area contributed by atoms with Crippen LogP contribution in [0.5, 0.6) is 0 Å². The molecule has 2 N–H and O–H groups in total. The molecule has 20 heavy (non-hydrogen) atoms. The molecule has 0 saturated heterocycles. The van der Waals surface area contributed by atoms with Crippen LogP contribution in [0.25, 0.3) is 5.69 Å². The van der Waals surface area contributed by atoms with Crippen molar-refractivity contribution in [3.63, 3.8) is 0 Å². The predicted octanol–water partition coefficient (Wildman–Crippen LogP) is 3.08. The number of hydrogen-bond acceptors (Lipinski definition) is 3. The molecule has 0 bridgehead atoms. The molecule has 0 radical (unpaired) electrons. The van der Waals surface area contributed by atoms with Gasteiger partial charge in [-0.25, -0.2) is 4.68 Å². The van der Waals surface area contributed by atoms with Crippen LogP contribution in [-0.2, 0) is 6.42 Å². The number of aromatic nitrogens is 2. The smallest absolute Gasteiger partial charge is 0.125 e. The number of hydrogen-bond donors (Lipinski definition) is 1. The van der Waals surface area contributed by atoms with Crippen LogP contribution in [-0.4, -0.2) is 9.78 Å². The van der Waals surface area contributed by atoms with Crippen LogP contribution in [0.15, 0.2) is 59.3 Å². The van der Waals surface area contributed by atoms with E-state index in [1.807, 2.05) is 53.3 Å². The average Bonchev–Trinajstić information content (AvgIpc) is 3.17. The monoisotopic (exact) mass is 267 g/mol. The summed E-state index contributed by atoms with van der Waals surface area (Å²) in [5.74, 6) is 1.72. The minimum atomic E-state index is -0.284. The zero-order valence-electron chi connectivity index (χ0n) is 11.4. The number of benzene rings is 1. The molecule has 3 aromatic rings. The molecule has 0 aliphatic carbocycles. The van der Waals surface area contributed by atoms with E-state index in [2.05, 4.69) is 12.0 Å². The molecule has 0 spiro atoms. The Labute approximate surface area is 117 Å². The van der Waals surface area contributed by atoms with Crippen molar-refractivity contribution in [1.82, 2.24) is 9.78 Å². The summed E-state index contributed by atoms with van der Waals surface area (Å²) in [5.41, 5.74) is 8.18. The molecular formula is C16H17N3O. The van der Waals surface area contributed by atoms with Crippen LogP contribution < -0.4 is 5.73 Å². The Morgan fingerprint density at radius 1 is 1.20 bits per heavy atom. The number of nitrogens with zero attached hydrogens (tertiary/aromatic N) is 2. The van der Waals surface area contributed by atoms with E-state index in [1.165, 1.54) is 0 Å². The van der Waals surface area contributed by atoms with E-state index < -0.39 is 0 Å². The van der Waals surface area contributed by atoms with Crippen LogP contribution in [0.1, 0.15) is 30.0 Å². The van der Waals surface area contributed by atoms with Gasteiger partial charge in [0.2, 0.25) is 0 Å². The number of furan rings is 1. The second-order valence-electron chi connectivity index (χ2n) is 4.69. The van der Waals surface area contributed by atoms with Gasteiger partial charge < -0.3 is 10.2 Å². The fourth-order valence-electron chi connectivity index (χ4n) is 2.14. The first-order valence-electron chi connectivity index (χ1n) is 6.72. The molecule has 0 fully saturated rings. The van der Waals surface area contributed by atoms with Gasteiger partial charge in [0.05, 0.1) is 17.9 Å². The Morgan fingerprint density at radius 3 is 2.70 bits per heavy atom. The lowest BCUT2D eigenvalue weighted by molar-refractivity contribution is 0.454. The first-order valence-corrected chi connectivity index (χ1v) is 6.72. The van der Waals surface area contributed by atoms with Gasteiger partial charge >= 0.3 is 0 Å². The number of rotatable bonds is 4.